The van der Waals surface area contributed by atoms with E-state index >= 15 is 0 Å². The van der Waals surface area contributed by atoms with Gasteiger partial charge in [-0.25, -0.2) is 8.42 Å². The van der Waals surface area contributed by atoms with Crippen molar-refractivity contribution < 1.29 is 17.9 Å². The Morgan fingerprint density at radius 1 is 1.18 bits per heavy atom. The van der Waals surface area contributed by atoms with Gasteiger partial charge in [-0.1, -0.05) is 60.2 Å². The zero-order valence-corrected chi connectivity index (χ0v) is 16.7. The molecule has 0 saturated carbocycles. The van der Waals surface area contributed by atoms with E-state index in [0.717, 1.165) is 15.4 Å². The summed E-state index contributed by atoms with van der Waals surface area (Å²) < 4.78 is 32.4. The minimum Gasteiger partial charge on any atom is -0.468 e. The van der Waals surface area contributed by atoms with Crippen LogP contribution in [0.1, 0.15) is 17.5 Å². The molecule has 2 aromatic rings. The number of aryl methyl sites for hydroxylation is 1. The number of sulfonamides is 1. The molecule has 5 nitrogen and oxygen atoms in total. The fourth-order valence-electron chi connectivity index (χ4n) is 2.65. The third-order valence-electron chi connectivity index (χ3n) is 4.15. The number of hydrogen-bond donors (Lipinski definition) is 0. The van der Waals surface area contributed by atoms with Crippen LogP contribution in [-0.4, -0.2) is 38.4 Å². The number of nitrogens with zero attached hydrogens (tertiary/aromatic N) is 1. The summed E-state index contributed by atoms with van der Waals surface area (Å²) in [4.78, 5) is 12.4. The van der Waals surface area contributed by atoms with E-state index in [2.05, 4.69) is 5.92 Å². The molecule has 0 N–H and O–H groups in total. The minimum absolute atomic E-state index is 0.0213. The van der Waals surface area contributed by atoms with Gasteiger partial charge < -0.3 is 4.74 Å². The largest absolute Gasteiger partial charge is 0.468 e. The van der Waals surface area contributed by atoms with Crippen molar-refractivity contribution in [2.45, 2.75) is 24.3 Å². The van der Waals surface area contributed by atoms with Crippen LogP contribution in [0.4, 0.5) is 0 Å². The van der Waals surface area contributed by atoms with Gasteiger partial charge in [0.25, 0.3) is 0 Å². The molecule has 1 atom stereocenters. The third kappa shape index (κ3) is 5.32. The molecule has 28 heavy (non-hydrogen) atoms. The van der Waals surface area contributed by atoms with E-state index in [0.29, 0.717) is 0 Å². The first-order valence-corrected chi connectivity index (χ1v) is 10.2. The standard InChI is InChI=1S/C22H23NO4S/c1-4-9-21(22(24)27-3)23(17-8-12-19-10-6-5-7-11-19)28(25,26)20-15-13-18(2)14-16-20/h1,5-8,10-16,21H,9,17H2,2-3H3/b12-8+. The molecular formula is C22H23NO4S. The molecule has 0 aromatic heterocycles. The molecule has 0 amide bonds. The summed E-state index contributed by atoms with van der Waals surface area (Å²) in [5.41, 5.74) is 1.85. The highest BCUT2D eigenvalue weighted by Gasteiger charge is 2.35. The Bertz CT molecular complexity index is 958. The van der Waals surface area contributed by atoms with Crippen molar-refractivity contribution in [1.29, 1.82) is 0 Å². The van der Waals surface area contributed by atoms with Gasteiger partial charge in [-0.05, 0) is 24.6 Å². The maximum absolute atomic E-state index is 13.2. The fourth-order valence-corrected chi connectivity index (χ4v) is 4.17. The van der Waals surface area contributed by atoms with Gasteiger partial charge in [0.15, 0.2) is 0 Å². The second-order valence-electron chi connectivity index (χ2n) is 6.15. The van der Waals surface area contributed by atoms with Gasteiger partial charge in [0.05, 0.1) is 12.0 Å². The number of esters is 1. The van der Waals surface area contributed by atoms with Crippen molar-refractivity contribution >= 4 is 22.1 Å². The number of carbonyl (C=O) groups excluding carboxylic acids is 1. The predicted octanol–water partition coefficient (Wildman–Crippen LogP) is 3.26. The van der Waals surface area contributed by atoms with Crippen LogP contribution < -0.4 is 0 Å². The summed E-state index contributed by atoms with van der Waals surface area (Å²) in [5.74, 6) is 1.68. The van der Waals surface area contributed by atoms with Gasteiger partial charge in [-0.2, -0.15) is 4.31 Å². The smallest absolute Gasteiger partial charge is 0.325 e. The molecule has 0 radical (unpaired) electrons. The van der Waals surface area contributed by atoms with Crippen molar-refractivity contribution in [3.05, 3.63) is 71.8 Å². The molecular weight excluding hydrogens is 374 g/mol. The van der Waals surface area contributed by atoms with E-state index in [1.807, 2.05) is 37.3 Å². The van der Waals surface area contributed by atoms with Crippen LogP contribution in [0.15, 0.2) is 65.6 Å². The van der Waals surface area contributed by atoms with Crippen LogP contribution in [-0.2, 0) is 19.6 Å². The summed E-state index contributed by atoms with van der Waals surface area (Å²) in [6.07, 6.45) is 8.78. The Labute approximate surface area is 166 Å². The van der Waals surface area contributed by atoms with E-state index in [1.54, 1.807) is 24.3 Å². The van der Waals surface area contributed by atoms with Crippen molar-refractivity contribution in [3.8, 4) is 12.3 Å². The molecule has 0 aliphatic heterocycles. The number of terminal acetylenes is 1. The molecule has 0 aliphatic rings. The number of rotatable bonds is 8. The van der Waals surface area contributed by atoms with Gasteiger partial charge >= 0.3 is 5.97 Å². The Kier molecular flexibility index (Phi) is 7.56. The molecule has 6 heteroatoms. The van der Waals surface area contributed by atoms with Gasteiger partial charge in [0, 0.05) is 13.0 Å². The average molecular weight is 397 g/mol. The predicted molar refractivity (Wildman–Crippen MR) is 110 cm³/mol. The molecule has 2 rings (SSSR count). The quantitative estimate of drug-likeness (QED) is 0.507. The van der Waals surface area contributed by atoms with Crippen molar-refractivity contribution in [2.75, 3.05) is 13.7 Å². The molecule has 0 bridgehead atoms. The number of benzene rings is 2. The summed E-state index contributed by atoms with van der Waals surface area (Å²) in [7, 11) is -2.75. The van der Waals surface area contributed by atoms with Gasteiger partial charge in [-0.15, -0.1) is 12.3 Å². The van der Waals surface area contributed by atoms with Crippen LogP contribution >= 0.6 is 0 Å². The second kappa shape index (κ2) is 9.88. The van der Waals surface area contributed by atoms with E-state index in [-0.39, 0.29) is 17.9 Å². The van der Waals surface area contributed by atoms with Crippen LogP contribution in [0.25, 0.3) is 6.08 Å². The number of methoxy groups -OCH3 is 1. The number of carbonyl (C=O) groups is 1. The van der Waals surface area contributed by atoms with E-state index in [9.17, 15) is 13.2 Å². The normalized spacial score (nSPS) is 12.6. The third-order valence-corrected chi connectivity index (χ3v) is 6.04. The molecule has 146 valence electrons. The lowest BCUT2D eigenvalue weighted by atomic mass is 10.2. The molecule has 1 unspecified atom stereocenters. The zero-order chi connectivity index (χ0) is 20.6. The van der Waals surface area contributed by atoms with Crippen molar-refractivity contribution in [1.82, 2.24) is 4.31 Å². The Balaban J connectivity index is 2.42. The fraction of sp³-hybridized carbons (Fsp3) is 0.227. The van der Waals surface area contributed by atoms with E-state index in [1.165, 1.54) is 19.2 Å². The first-order chi connectivity index (χ1) is 13.4. The second-order valence-corrected chi connectivity index (χ2v) is 8.04. The molecule has 0 heterocycles. The SMILES string of the molecule is C#CCC(C(=O)OC)N(C/C=C/c1ccccc1)S(=O)(=O)c1ccc(C)cc1. The maximum Gasteiger partial charge on any atom is 0.325 e. The average Bonchev–Trinajstić information content (AvgIpc) is 2.70. The van der Waals surface area contributed by atoms with Crippen molar-refractivity contribution in [2.24, 2.45) is 0 Å². The molecule has 0 aliphatic carbocycles. The highest BCUT2D eigenvalue weighted by Crippen LogP contribution is 2.21. The van der Waals surface area contributed by atoms with Gasteiger partial charge in [0.1, 0.15) is 6.04 Å². The minimum atomic E-state index is -3.96. The first-order valence-electron chi connectivity index (χ1n) is 8.71. The van der Waals surface area contributed by atoms with Gasteiger partial charge in [0.2, 0.25) is 10.0 Å². The van der Waals surface area contributed by atoms with Crippen LogP contribution in [0.5, 0.6) is 0 Å². The van der Waals surface area contributed by atoms with E-state index < -0.39 is 22.0 Å². The highest BCUT2D eigenvalue weighted by atomic mass is 32.2. The van der Waals surface area contributed by atoms with Gasteiger partial charge in [-0.3, -0.25) is 4.79 Å². The lowest BCUT2D eigenvalue weighted by molar-refractivity contribution is -0.144. The summed E-state index contributed by atoms with van der Waals surface area (Å²) in [6.45, 7) is 1.85. The number of ether oxygens (including phenoxy) is 1. The lowest BCUT2D eigenvalue weighted by Gasteiger charge is -2.27. The van der Waals surface area contributed by atoms with Crippen LogP contribution in [0, 0.1) is 19.3 Å². The summed E-state index contributed by atoms with van der Waals surface area (Å²) in [6, 6.07) is 14.8. The summed E-state index contributed by atoms with van der Waals surface area (Å²) in [5, 5.41) is 0. The summed E-state index contributed by atoms with van der Waals surface area (Å²) >= 11 is 0. The van der Waals surface area contributed by atoms with Crippen LogP contribution in [0.3, 0.4) is 0 Å². The Hall–Kier alpha value is -2.88. The molecule has 0 saturated heterocycles. The Morgan fingerprint density at radius 3 is 2.39 bits per heavy atom. The first kappa shape index (κ1) is 21.4. The Morgan fingerprint density at radius 2 is 1.82 bits per heavy atom. The molecule has 0 fully saturated rings. The maximum atomic E-state index is 13.2. The highest BCUT2D eigenvalue weighted by molar-refractivity contribution is 7.89. The molecule has 0 spiro atoms. The van der Waals surface area contributed by atoms with E-state index in [4.69, 9.17) is 11.2 Å². The van der Waals surface area contributed by atoms with Crippen molar-refractivity contribution in [3.63, 3.8) is 0 Å². The van der Waals surface area contributed by atoms with Crippen LogP contribution in [0.2, 0.25) is 0 Å². The topological polar surface area (TPSA) is 63.7 Å². The lowest BCUT2D eigenvalue weighted by Crippen LogP contribution is -2.45. The zero-order valence-electron chi connectivity index (χ0n) is 15.9. The monoisotopic (exact) mass is 397 g/mol. The number of hydrogen-bond acceptors (Lipinski definition) is 4. The molecule has 2 aromatic carbocycles.